The molecule has 0 spiro atoms. The molecule has 2 N–H and O–H groups in total. The van der Waals surface area contributed by atoms with E-state index in [9.17, 15) is 4.79 Å². The number of carboxylic acid groups (broad SMARTS) is 1. The average molecular weight is 463 g/mol. The van der Waals surface area contributed by atoms with Crippen molar-refractivity contribution in [2.75, 3.05) is 52.4 Å². The van der Waals surface area contributed by atoms with Crippen LogP contribution in [0.5, 0.6) is 0 Å². The highest BCUT2D eigenvalue weighted by molar-refractivity contribution is 5.86. The molecule has 0 aromatic carbocycles. The lowest BCUT2D eigenvalue weighted by Crippen LogP contribution is -2.51. The Morgan fingerprint density at radius 2 is 1.54 bits per heavy atom. The third-order valence-electron chi connectivity index (χ3n) is 6.24. The molecular formula is C19H38Cl3N3O3. The van der Waals surface area contributed by atoms with Crippen molar-refractivity contribution in [3.8, 4) is 0 Å². The number of aliphatic carboxylic acids is 1. The Bertz CT molecular complexity index is 412. The molecule has 0 radical (unpaired) electrons. The minimum absolute atomic E-state index is 0. The molecule has 2 heterocycles. The molecule has 6 nitrogen and oxygen atoms in total. The van der Waals surface area contributed by atoms with Crippen LogP contribution in [0.3, 0.4) is 0 Å². The van der Waals surface area contributed by atoms with E-state index in [0.29, 0.717) is 18.7 Å². The van der Waals surface area contributed by atoms with Crippen LogP contribution in [0.1, 0.15) is 44.9 Å². The van der Waals surface area contributed by atoms with Crippen molar-refractivity contribution in [1.29, 1.82) is 0 Å². The van der Waals surface area contributed by atoms with Gasteiger partial charge in [-0.25, -0.2) is 0 Å². The first-order valence-electron chi connectivity index (χ1n) is 10.2. The van der Waals surface area contributed by atoms with Crippen LogP contribution in [0.2, 0.25) is 0 Å². The van der Waals surface area contributed by atoms with E-state index in [4.69, 9.17) is 9.84 Å². The van der Waals surface area contributed by atoms with E-state index >= 15 is 0 Å². The molecule has 1 aliphatic carbocycles. The molecule has 2 aliphatic heterocycles. The Labute approximate surface area is 188 Å². The summed E-state index contributed by atoms with van der Waals surface area (Å²) < 4.78 is 6.22. The van der Waals surface area contributed by atoms with Crippen molar-refractivity contribution in [3.05, 3.63) is 0 Å². The van der Waals surface area contributed by atoms with Gasteiger partial charge >= 0.3 is 5.97 Å². The molecule has 0 bridgehead atoms. The molecule has 3 aliphatic rings. The lowest BCUT2D eigenvalue weighted by Gasteiger charge is -2.42. The maximum Gasteiger partial charge on any atom is 0.304 e. The second-order valence-corrected chi connectivity index (χ2v) is 7.98. The Morgan fingerprint density at radius 1 is 0.929 bits per heavy atom. The van der Waals surface area contributed by atoms with Crippen LogP contribution in [0.15, 0.2) is 0 Å². The Balaban J connectivity index is 0.00000243. The largest absolute Gasteiger partial charge is 0.481 e. The normalized spacial score (nSPS) is 27.1. The molecule has 9 heteroatoms. The summed E-state index contributed by atoms with van der Waals surface area (Å²) in [4.78, 5) is 15.6. The maximum atomic E-state index is 10.7. The van der Waals surface area contributed by atoms with Gasteiger partial charge in [0.1, 0.15) is 0 Å². The molecule has 0 amide bonds. The molecule has 3 rings (SSSR count). The molecule has 0 aromatic heterocycles. The van der Waals surface area contributed by atoms with Gasteiger partial charge in [0.05, 0.1) is 12.5 Å². The highest BCUT2D eigenvalue weighted by Crippen LogP contribution is 2.27. The number of nitrogens with one attached hydrogen (secondary N) is 1. The van der Waals surface area contributed by atoms with Crippen molar-refractivity contribution >= 4 is 43.2 Å². The number of piperazine rings is 1. The van der Waals surface area contributed by atoms with Gasteiger partial charge in [-0.1, -0.05) is 0 Å². The molecule has 168 valence electrons. The van der Waals surface area contributed by atoms with E-state index in [1.807, 2.05) is 0 Å². The number of piperidine rings is 1. The quantitative estimate of drug-likeness (QED) is 0.606. The third-order valence-corrected chi connectivity index (χ3v) is 6.24. The van der Waals surface area contributed by atoms with E-state index in [1.165, 1.54) is 38.5 Å². The number of carboxylic acids is 1. The minimum atomic E-state index is -0.690. The van der Waals surface area contributed by atoms with Crippen molar-refractivity contribution < 1.29 is 14.6 Å². The van der Waals surface area contributed by atoms with Gasteiger partial charge in [-0.2, -0.15) is 0 Å². The third kappa shape index (κ3) is 9.33. The van der Waals surface area contributed by atoms with Crippen LogP contribution < -0.4 is 5.32 Å². The summed E-state index contributed by atoms with van der Waals surface area (Å²) in [5, 5.41) is 12.2. The lowest BCUT2D eigenvalue weighted by molar-refractivity contribution is -0.137. The SMILES string of the molecule is Cl.Cl.Cl.O=C(O)CCN1CCN(C2CCC(OCC3CCNCC3)CC2)CC1. The zero-order valence-corrected chi connectivity index (χ0v) is 19.2. The van der Waals surface area contributed by atoms with E-state index in [1.54, 1.807) is 0 Å². The van der Waals surface area contributed by atoms with Gasteiger partial charge in [0.2, 0.25) is 0 Å². The number of hydrogen-bond donors (Lipinski definition) is 2. The topological polar surface area (TPSA) is 65.0 Å². The molecule has 0 unspecified atom stereocenters. The summed E-state index contributed by atoms with van der Waals surface area (Å²) in [6.07, 6.45) is 8.19. The van der Waals surface area contributed by atoms with Crippen molar-refractivity contribution in [2.24, 2.45) is 5.92 Å². The molecule has 3 fully saturated rings. The van der Waals surface area contributed by atoms with Gasteiger partial charge in [-0.05, 0) is 57.5 Å². The van der Waals surface area contributed by atoms with Crippen LogP contribution in [0.4, 0.5) is 0 Å². The van der Waals surface area contributed by atoms with Crippen LogP contribution in [-0.4, -0.2) is 85.4 Å². The van der Waals surface area contributed by atoms with Crippen LogP contribution in [0, 0.1) is 5.92 Å². The second-order valence-electron chi connectivity index (χ2n) is 7.98. The fourth-order valence-corrected chi connectivity index (χ4v) is 4.50. The van der Waals surface area contributed by atoms with Gasteiger partial charge < -0.3 is 20.1 Å². The molecule has 0 atom stereocenters. The van der Waals surface area contributed by atoms with Crippen LogP contribution in [0.25, 0.3) is 0 Å². The van der Waals surface area contributed by atoms with E-state index in [0.717, 1.165) is 51.8 Å². The summed E-state index contributed by atoms with van der Waals surface area (Å²) in [6, 6.07) is 0.709. The van der Waals surface area contributed by atoms with Crippen molar-refractivity contribution in [1.82, 2.24) is 15.1 Å². The first kappa shape index (κ1) is 28.2. The molecular weight excluding hydrogens is 425 g/mol. The zero-order valence-electron chi connectivity index (χ0n) is 16.7. The Morgan fingerprint density at radius 3 is 2.11 bits per heavy atom. The number of ether oxygens (including phenoxy) is 1. The smallest absolute Gasteiger partial charge is 0.304 e. The maximum absolute atomic E-state index is 10.7. The fraction of sp³-hybridized carbons (Fsp3) is 0.947. The van der Waals surface area contributed by atoms with Gasteiger partial charge in [0, 0.05) is 45.4 Å². The highest BCUT2D eigenvalue weighted by atomic mass is 35.5. The van der Waals surface area contributed by atoms with Gasteiger partial charge in [-0.3, -0.25) is 9.69 Å². The van der Waals surface area contributed by atoms with Crippen molar-refractivity contribution in [2.45, 2.75) is 57.1 Å². The van der Waals surface area contributed by atoms with Gasteiger partial charge in [0.25, 0.3) is 0 Å². The van der Waals surface area contributed by atoms with E-state index in [2.05, 4.69) is 15.1 Å². The molecule has 0 aromatic rings. The fourth-order valence-electron chi connectivity index (χ4n) is 4.50. The number of hydrogen-bond acceptors (Lipinski definition) is 5. The van der Waals surface area contributed by atoms with Crippen LogP contribution >= 0.6 is 37.2 Å². The van der Waals surface area contributed by atoms with Gasteiger partial charge in [-0.15, -0.1) is 37.2 Å². The summed E-state index contributed by atoms with van der Waals surface area (Å²) in [5.41, 5.74) is 0. The Hall–Kier alpha value is 0.180. The molecule has 28 heavy (non-hydrogen) atoms. The first-order valence-corrected chi connectivity index (χ1v) is 10.2. The van der Waals surface area contributed by atoms with E-state index in [-0.39, 0.29) is 43.6 Å². The average Bonchev–Trinajstić information content (AvgIpc) is 2.66. The predicted octanol–water partition coefficient (Wildman–Crippen LogP) is 2.67. The highest BCUT2D eigenvalue weighted by Gasteiger charge is 2.29. The molecule has 2 saturated heterocycles. The Kier molecular flexibility index (Phi) is 15.1. The van der Waals surface area contributed by atoms with E-state index < -0.39 is 5.97 Å². The van der Waals surface area contributed by atoms with Crippen LogP contribution in [-0.2, 0) is 9.53 Å². The summed E-state index contributed by atoms with van der Waals surface area (Å²) in [7, 11) is 0. The standard InChI is InChI=1S/C19H35N3O3.3ClH/c23-19(24)7-10-21-11-13-22(14-12-21)17-1-3-18(4-2-17)25-15-16-5-8-20-9-6-16;;;/h16-18,20H,1-15H2,(H,23,24);3*1H. The summed E-state index contributed by atoms with van der Waals surface area (Å²) in [6.45, 7) is 8.16. The van der Waals surface area contributed by atoms with Gasteiger partial charge in [0.15, 0.2) is 0 Å². The summed E-state index contributed by atoms with van der Waals surface area (Å²) in [5.74, 6) is 0.0723. The number of carbonyl (C=O) groups is 1. The summed E-state index contributed by atoms with van der Waals surface area (Å²) >= 11 is 0. The molecule has 1 saturated carbocycles. The lowest BCUT2D eigenvalue weighted by atomic mass is 9.91. The minimum Gasteiger partial charge on any atom is -0.481 e. The predicted molar refractivity (Wildman–Crippen MR) is 120 cm³/mol. The van der Waals surface area contributed by atoms with Crippen molar-refractivity contribution in [3.63, 3.8) is 0 Å². The zero-order chi connectivity index (χ0) is 17.5. The number of halogens is 3. The first-order chi connectivity index (χ1) is 12.2. The number of rotatable bonds is 7. The number of nitrogens with zero attached hydrogens (tertiary/aromatic N) is 2. The monoisotopic (exact) mass is 461 g/mol. The second kappa shape index (κ2) is 15.1.